The fourth-order valence-electron chi connectivity index (χ4n) is 4.29. The number of hydrogen-bond donors (Lipinski definition) is 1. The molecule has 1 fully saturated rings. The SMILES string of the molecule is CCCCOC[C@H]1O[C@@H](C(O)c2ccccc2)[C@H](OCCCC)[C@@H](OCCCC)[C@@H]1OCCCC. The predicted octanol–water partition coefficient (Wildman–Crippen LogP) is 5.86. The van der Waals surface area contributed by atoms with Crippen LogP contribution in [0.2, 0.25) is 0 Å². The Labute approximate surface area is 213 Å². The Bertz CT molecular complexity index is 627. The first kappa shape index (κ1) is 30.2. The summed E-state index contributed by atoms with van der Waals surface area (Å²) in [4.78, 5) is 0. The van der Waals surface area contributed by atoms with E-state index < -0.39 is 18.3 Å². The normalized spacial score (nSPS) is 25.6. The first-order valence-electron chi connectivity index (χ1n) is 14.0. The lowest BCUT2D eigenvalue weighted by Gasteiger charge is -2.47. The van der Waals surface area contributed by atoms with E-state index in [4.69, 9.17) is 23.7 Å². The second-order valence-corrected chi connectivity index (χ2v) is 9.49. The van der Waals surface area contributed by atoms with Gasteiger partial charge in [-0.1, -0.05) is 83.7 Å². The fraction of sp³-hybridized carbons (Fsp3) is 0.793. The van der Waals surface area contributed by atoms with Gasteiger partial charge in [0.2, 0.25) is 0 Å². The summed E-state index contributed by atoms with van der Waals surface area (Å²) in [7, 11) is 0. The maximum absolute atomic E-state index is 11.4. The second kappa shape index (κ2) is 18.3. The first-order valence-corrected chi connectivity index (χ1v) is 14.0. The lowest BCUT2D eigenvalue weighted by atomic mass is 9.89. The van der Waals surface area contributed by atoms with Crippen molar-refractivity contribution in [3.8, 4) is 0 Å². The van der Waals surface area contributed by atoms with E-state index in [1.165, 1.54) is 0 Å². The summed E-state index contributed by atoms with van der Waals surface area (Å²) in [6.07, 6.45) is 5.24. The van der Waals surface area contributed by atoms with Gasteiger partial charge in [0.05, 0.1) is 6.61 Å². The molecule has 1 aromatic rings. The maximum Gasteiger partial charge on any atom is 0.117 e. The van der Waals surface area contributed by atoms with Crippen LogP contribution in [0.15, 0.2) is 30.3 Å². The van der Waals surface area contributed by atoms with Gasteiger partial charge in [0, 0.05) is 26.4 Å². The Kier molecular flexibility index (Phi) is 15.8. The third-order valence-electron chi connectivity index (χ3n) is 6.47. The van der Waals surface area contributed by atoms with E-state index in [1.54, 1.807) is 0 Å². The maximum atomic E-state index is 11.4. The van der Waals surface area contributed by atoms with Crippen LogP contribution >= 0.6 is 0 Å². The van der Waals surface area contributed by atoms with Crippen LogP contribution in [0.5, 0.6) is 0 Å². The minimum Gasteiger partial charge on any atom is -0.386 e. The molecule has 6 atom stereocenters. The zero-order valence-electron chi connectivity index (χ0n) is 22.5. The highest BCUT2D eigenvalue weighted by Crippen LogP contribution is 2.35. The quantitative estimate of drug-likeness (QED) is 0.243. The topological polar surface area (TPSA) is 66.4 Å². The molecule has 0 radical (unpaired) electrons. The van der Waals surface area contributed by atoms with Gasteiger partial charge >= 0.3 is 0 Å². The molecule has 0 aliphatic carbocycles. The highest BCUT2D eigenvalue weighted by Gasteiger charge is 2.50. The van der Waals surface area contributed by atoms with Crippen molar-refractivity contribution < 1.29 is 28.8 Å². The van der Waals surface area contributed by atoms with Crippen LogP contribution in [0, 0.1) is 0 Å². The molecule has 1 saturated heterocycles. The number of ether oxygens (including phenoxy) is 5. The molecule has 1 heterocycles. The monoisotopic (exact) mass is 494 g/mol. The van der Waals surface area contributed by atoms with E-state index in [1.807, 2.05) is 30.3 Å². The molecule has 1 aromatic carbocycles. The molecule has 0 spiro atoms. The summed E-state index contributed by atoms with van der Waals surface area (Å²) in [5, 5.41) is 11.4. The predicted molar refractivity (Wildman–Crippen MR) is 140 cm³/mol. The molecule has 0 saturated carbocycles. The molecule has 2 rings (SSSR count). The molecule has 1 N–H and O–H groups in total. The Hall–Kier alpha value is -1.02. The van der Waals surface area contributed by atoms with Gasteiger partial charge in [-0.2, -0.15) is 0 Å². The van der Waals surface area contributed by atoms with Crippen molar-refractivity contribution in [1.82, 2.24) is 0 Å². The number of hydrogen-bond acceptors (Lipinski definition) is 6. The first-order chi connectivity index (χ1) is 17.2. The minimum absolute atomic E-state index is 0.314. The van der Waals surface area contributed by atoms with E-state index >= 15 is 0 Å². The van der Waals surface area contributed by atoms with Crippen molar-refractivity contribution in [2.75, 3.05) is 33.0 Å². The molecule has 6 nitrogen and oxygen atoms in total. The van der Waals surface area contributed by atoms with Crippen molar-refractivity contribution in [1.29, 1.82) is 0 Å². The number of aliphatic hydroxyl groups is 1. The van der Waals surface area contributed by atoms with Crippen LogP contribution in [0.4, 0.5) is 0 Å². The molecule has 202 valence electrons. The van der Waals surface area contributed by atoms with Gasteiger partial charge in [0.25, 0.3) is 0 Å². The molecule has 0 aromatic heterocycles. The number of benzene rings is 1. The number of unbranched alkanes of at least 4 members (excludes halogenated alkanes) is 4. The van der Waals surface area contributed by atoms with Crippen molar-refractivity contribution >= 4 is 0 Å². The third kappa shape index (κ3) is 10.1. The highest BCUT2D eigenvalue weighted by atomic mass is 16.6. The van der Waals surface area contributed by atoms with Crippen LogP contribution < -0.4 is 0 Å². The van der Waals surface area contributed by atoms with Crippen molar-refractivity contribution in [2.45, 2.75) is 116 Å². The smallest absolute Gasteiger partial charge is 0.117 e. The second-order valence-electron chi connectivity index (χ2n) is 9.49. The minimum atomic E-state index is -0.838. The molecule has 0 amide bonds. The van der Waals surface area contributed by atoms with Gasteiger partial charge in [0.1, 0.15) is 36.6 Å². The average Bonchev–Trinajstić information content (AvgIpc) is 2.88. The van der Waals surface area contributed by atoms with E-state index in [0.29, 0.717) is 33.0 Å². The molecule has 0 bridgehead atoms. The number of rotatable bonds is 19. The summed E-state index contributed by atoms with van der Waals surface area (Å²) >= 11 is 0. The lowest BCUT2D eigenvalue weighted by molar-refractivity contribution is -0.281. The van der Waals surface area contributed by atoms with Gasteiger partial charge in [-0.05, 0) is 31.2 Å². The van der Waals surface area contributed by atoms with Gasteiger partial charge in [-0.15, -0.1) is 0 Å². The Morgan fingerprint density at radius 2 is 1.23 bits per heavy atom. The molecule has 1 aliphatic rings. The van der Waals surface area contributed by atoms with E-state index in [2.05, 4.69) is 27.7 Å². The van der Waals surface area contributed by atoms with E-state index in [-0.39, 0.29) is 18.3 Å². The Balaban J connectivity index is 2.34. The van der Waals surface area contributed by atoms with Crippen LogP contribution in [-0.2, 0) is 23.7 Å². The summed E-state index contributed by atoms with van der Waals surface area (Å²) in [6.45, 7) is 11.6. The number of aliphatic hydroxyl groups excluding tert-OH is 1. The van der Waals surface area contributed by atoms with E-state index in [0.717, 1.165) is 56.9 Å². The summed E-state index contributed by atoms with van der Waals surface area (Å²) < 4.78 is 31.9. The van der Waals surface area contributed by atoms with Crippen LogP contribution in [0.3, 0.4) is 0 Å². The lowest BCUT2D eigenvalue weighted by Crippen LogP contribution is -2.62. The largest absolute Gasteiger partial charge is 0.386 e. The summed E-state index contributed by atoms with van der Waals surface area (Å²) in [5.74, 6) is 0. The molecule has 1 unspecified atom stereocenters. The fourth-order valence-corrected chi connectivity index (χ4v) is 4.29. The molecule has 6 heteroatoms. The zero-order chi connectivity index (χ0) is 25.3. The zero-order valence-corrected chi connectivity index (χ0v) is 22.5. The average molecular weight is 495 g/mol. The van der Waals surface area contributed by atoms with Crippen molar-refractivity contribution in [3.05, 3.63) is 35.9 Å². The molecule has 35 heavy (non-hydrogen) atoms. The summed E-state index contributed by atoms with van der Waals surface area (Å²) in [6, 6.07) is 9.68. The molecule has 1 aliphatic heterocycles. The van der Waals surface area contributed by atoms with Gasteiger partial charge in [0.15, 0.2) is 0 Å². The van der Waals surface area contributed by atoms with Crippen LogP contribution in [0.25, 0.3) is 0 Å². The Morgan fingerprint density at radius 1 is 0.714 bits per heavy atom. The highest BCUT2D eigenvalue weighted by molar-refractivity contribution is 5.19. The van der Waals surface area contributed by atoms with Gasteiger partial charge in [-0.3, -0.25) is 0 Å². The van der Waals surface area contributed by atoms with Gasteiger partial charge < -0.3 is 28.8 Å². The third-order valence-corrected chi connectivity index (χ3v) is 6.47. The van der Waals surface area contributed by atoms with Gasteiger partial charge in [-0.25, -0.2) is 0 Å². The summed E-state index contributed by atoms with van der Waals surface area (Å²) in [5.41, 5.74) is 0.810. The van der Waals surface area contributed by atoms with Crippen molar-refractivity contribution in [2.24, 2.45) is 0 Å². The van der Waals surface area contributed by atoms with Crippen molar-refractivity contribution in [3.63, 3.8) is 0 Å². The van der Waals surface area contributed by atoms with Crippen LogP contribution in [-0.4, -0.2) is 68.7 Å². The van der Waals surface area contributed by atoms with Crippen LogP contribution in [0.1, 0.15) is 90.7 Å². The Morgan fingerprint density at radius 3 is 1.80 bits per heavy atom. The molecular formula is C29H50O6. The standard InChI is InChI=1S/C29H50O6/c1-5-9-18-31-22-24-26(32-19-10-6-2)28(33-20-11-7-3)29(34-21-12-8-4)27(35-24)25(30)23-16-14-13-15-17-23/h13-17,24-30H,5-12,18-22H2,1-4H3/t24-,25?,26-,27+,28+,29+/m1/s1. The molecular weight excluding hydrogens is 444 g/mol. The van der Waals surface area contributed by atoms with E-state index in [9.17, 15) is 5.11 Å².